The average Bonchev–Trinajstić information content (AvgIpc) is 2.04. The molecule has 76 valence electrons. The molecule has 0 amide bonds. The molecule has 2 heteroatoms. The van der Waals surface area contributed by atoms with Crippen LogP contribution in [-0.2, 0) is 0 Å². The first kappa shape index (κ1) is 10.7. The van der Waals surface area contributed by atoms with Crippen molar-refractivity contribution in [3.8, 4) is 0 Å². The molecule has 0 radical (unpaired) electrons. The van der Waals surface area contributed by atoms with Gasteiger partial charge in [0.25, 0.3) is 0 Å². The number of alkyl halides is 1. The van der Waals surface area contributed by atoms with Gasteiger partial charge in [-0.05, 0) is 11.8 Å². The van der Waals surface area contributed by atoms with Crippen molar-refractivity contribution in [3.63, 3.8) is 0 Å². The average molecular weight is 185 g/mol. The molecule has 0 bridgehead atoms. The second-order valence-electron chi connectivity index (χ2n) is 4.72. The van der Waals surface area contributed by atoms with E-state index in [9.17, 15) is 4.39 Å². The van der Waals surface area contributed by atoms with Gasteiger partial charge in [-0.1, -0.05) is 32.4 Å². The highest BCUT2D eigenvalue weighted by molar-refractivity contribution is 5.14. The molecule has 0 aromatic rings. The van der Waals surface area contributed by atoms with Crippen LogP contribution in [0, 0.1) is 5.41 Å². The Kier molecular flexibility index (Phi) is 3.48. The lowest BCUT2D eigenvalue weighted by Gasteiger charge is -2.31. The van der Waals surface area contributed by atoms with Crippen LogP contribution >= 0.6 is 0 Å². The molecule has 0 atom stereocenters. The lowest BCUT2D eigenvalue weighted by atomic mass is 9.83. The van der Waals surface area contributed by atoms with Crippen LogP contribution in [0.4, 0.5) is 4.39 Å². The van der Waals surface area contributed by atoms with Crippen LogP contribution in [0.2, 0.25) is 0 Å². The highest BCUT2D eigenvalue weighted by Crippen LogP contribution is 2.29. The first-order chi connectivity index (χ1) is 6.04. The minimum Gasteiger partial charge on any atom is -0.297 e. The van der Waals surface area contributed by atoms with Gasteiger partial charge in [0, 0.05) is 19.6 Å². The maximum Gasteiger partial charge on any atom is 0.102 e. The monoisotopic (exact) mass is 185 g/mol. The van der Waals surface area contributed by atoms with E-state index in [-0.39, 0.29) is 6.67 Å². The quantitative estimate of drug-likeness (QED) is 0.598. The summed E-state index contributed by atoms with van der Waals surface area (Å²) < 4.78 is 12.0. The second kappa shape index (κ2) is 4.23. The lowest BCUT2D eigenvalue weighted by Crippen LogP contribution is -2.32. The molecular formula is C11H20FN. The van der Waals surface area contributed by atoms with Gasteiger partial charge in [-0.3, -0.25) is 4.90 Å². The molecule has 0 saturated heterocycles. The maximum atomic E-state index is 12.0. The van der Waals surface area contributed by atoms with E-state index in [1.165, 1.54) is 5.57 Å². The van der Waals surface area contributed by atoms with Crippen molar-refractivity contribution in [2.45, 2.75) is 27.2 Å². The number of halogens is 1. The molecule has 0 spiro atoms. The van der Waals surface area contributed by atoms with Gasteiger partial charge in [-0.15, -0.1) is 0 Å². The Bertz CT molecular complexity index is 191. The van der Waals surface area contributed by atoms with Gasteiger partial charge in [0.1, 0.15) is 6.67 Å². The van der Waals surface area contributed by atoms with Crippen molar-refractivity contribution in [1.82, 2.24) is 4.90 Å². The van der Waals surface area contributed by atoms with E-state index in [2.05, 4.69) is 31.7 Å². The van der Waals surface area contributed by atoms with Crippen LogP contribution in [0.5, 0.6) is 0 Å². The smallest absolute Gasteiger partial charge is 0.102 e. The zero-order chi connectivity index (χ0) is 9.90. The summed E-state index contributed by atoms with van der Waals surface area (Å²) in [6.45, 7) is 9.03. The summed E-state index contributed by atoms with van der Waals surface area (Å²) in [4.78, 5) is 2.16. The normalized spacial score (nSPS) is 20.2. The fourth-order valence-electron chi connectivity index (χ4n) is 1.72. The van der Waals surface area contributed by atoms with Crippen LogP contribution in [0.1, 0.15) is 27.2 Å². The number of hydrogen-bond donors (Lipinski definition) is 0. The van der Waals surface area contributed by atoms with E-state index < -0.39 is 0 Å². The zero-order valence-corrected chi connectivity index (χ0v) is 8.94. The van der Waals surface area contributed by atoms with Crippen molar-refractivity contribution < 1.29 is 4.39 Å². The molecule has 0 aromatic heterocycles. The van der Waals surface area contributed by atoms with E-state index in [1.807, 2.05) is 0 Å². The van der Waals surface area contributed by atoms with Crippen molar-refractivity contribution in [1.29, 1.82) is 0 Å². The van der Waals surface area contributed by atoms with E-state index >= 15 is 0 Å². The predicted molar refractivity (Wildman–Crippen MR) is 54.6 cm³/mol. The molecule has 0 fully saturated rings. The van der Waals surface area contributed by atoms with Gasteiger partial charge in [-0.2, -0.15) is 0 Å². The van der Waals surface area contributed by atoms with Crippen LogP contribution in [0.15, 0.2) is 11.6 Å². The molecule has 0 aromatic carbocycles. The van der Waals surface area contributed by atoms with Gasteiger partial charge in [0.05, 0.1) is 0 Å². The fourth-order valence-corrected chi connectivity index (χ4v) is 1.72. The van der Waals surface area contributed by atoms with Gasteiger partial charge in [0.15, 0.2) is 0 Å². The molecule has 1 rings (SSSR count). The highest BCUT2D eigenvalue weighted by atomic mass is 19.1. The third-order valence-electron chi connectivity index (χ3n) is 2.66. The van der Waals surface area contributed by atoms with Crippen molar-refractivity contribution in [3.05, 3.63) is 11.6 Å². The predicted octanol–water partition coefficient (Wildman–Crippen LogP) is 2.63. The summed E-state index contributed by atoms with van der Waals surface area (Å²) in [6, 6.07) is 0. The second-order valence-corrected chi connectivity index (χ2v) is 4.72. The van der Waals surface area contributed by atoms with Gasteiger partial charge in [0.2, 0.25) is 0 Å². The summed E-state index contributed by atoms with van der Waals surface area (Å²) >= 11 is 0. The van der Waals surface area contributed by atoms with Crippen LogP contribution < -0.4 is 0 Å². The highest BCUT2D eigenvalue weighted by Gasteiger charge is 2.20. The molecule has 0 aliphatic carbocycles. The lowest BCUT2D eigenvalue weighted by molar-refractivity contribution is 0.254. The summed E-state index contributed by atoms with van der Waals surface area (Å²) in [6.07, 6.45) is 3.36. The molecule has 13 heavy (non-hydrogen) atoms. The minimum absolute atomic E-state index is 0.224. The maximum absolute atomic E-state index is 12.0. The third kappa shape index (κ3) is 3.11. The Balaban J connectivity index is 2.48. The number of hydrogen-bond acceptors (Lipinski definition) is 1. The Morgan fingerprint density at radius 1 is 1.46 bits per heavy atom. The Morgan fingerprint density at radius 3 is 2.54 bits per heavy atom. The summed E-state index contributed by atoms with van der Waals surface area (Å²) in [5.41, 5.74) is 1.81. The van der Waals surface area contributed by atoms with E-state index in [4.69, 9.17) is 0 Å². The van der Waals surface area contributed by atoms with Crippen molar-refractivity contribution in [2.24, 2.45) is 5.41 Å². The number of nitrogens with zero attached hydrogens (tertiary/aromatic N) is 1. The largest absolute Gasteiger partial charge is 0.297 e. The Labute approximate surface area is 80.6 Å². The molecular weight excluding hydrogens is 165 g/mol. The van der Waals surface area contributed by atoms with Gasteiger partial charge in [-0.25, -0.2) is 4.39 Å². The van der Waals surface area contributed by atoms with Gasteiger partial charge < -0.3 is 0 Å². The molecule has 1 aliphatic heterocycles. The van der Waals surface area contributed by atoms with Gasteiger partial charge >= 0.3 is 0 Å². The van der Waals surface area contributed by atoms with Crippen LogP contribution in [0.3, 0.4) is 0 Å². The zero-order valence-electron chi connectivity index (χ0n) is 8.94. The van der Waals surface area contributed by atoms with E-state index in [1.54, 1.807) is 0 Å². The van der Waals surface area contributed by atoms with E-state index in [0.29, 0.717) is 12.0 Å². The summed E-state index contributed by atoms with van der Waals surface area (Å²) in [5.74, 6) is 0. The van der Waals surface area contributed by atoms with Crippen LogP contribution in [-0.4, -0.2) is 31.2 Å². The van der Waals surface area contributed by atoms with Crippen LogP contribution in [0.25, 0.3) is 0 Å². The molecule has 0 saturated carbocycles. The molecule has 0 unspecified atom stereocenters. The standard InChI is InChI=1S/C11H20FN/c1-11(2,3)10-4-7-13(8-5-10)9-6-12/h4H,5-9H2,1-3H3. The van der Waals surface area contributed by atoms with E-state index in [0.717, 1.165) is 19.5 Å². The molecule has 1 nitrogen and oxygen atoms in total. The molecule has 0 N–H and O–H groups in total. The topological polar surface area (TPSA) is 3.24 Å². The number of rotatable bonds is 2. The van der Waals surface area contributed by atoms with Crippen molar-refractivity contribution in [2.75, 3.05) is 26.3 Å². The first-order valence-electron chi connectivity index (χ1n) is 5.02. The summed E-state index contributed by atoms with van der Waals surface area (Å²) in [7, 11) is 0. The Morgan fingerprint density at radius 2 is 2.15 bits per heavy atom. The Hall–Kier alpha value is -0.370. The minimum atomic E-state index is -0.224. The molecule has 1 aliphatic rings. The third-order valence-corrected chi connectivity index (χ3v) is 2.66. The molecule has 1 heterocycles. The first-order valence-corrected chi connectivity index (χ1v) is 5.02. The fraction of sp³-hybridized carbons (Fsp3) is 0.818. The SMILES string of the molecule is CC(C)(C)C1=CCN(CCF)CC1. The van der Waals surface area contributed by atoms with Crippen molar-refractivity contribution >= 4 is 0 Å². The summed E-state index contributed by atoms with van der Waals surface area (Å²) in [5, 5.41) is 0.